The third-order valence-electron chi connectivity index (χ3n) is 0.877. The molecule has 1 heterocycles. The molecule has 0 fully saturated rings. The summed E-state index contributed by atoms with van der Waals surface area (Å²) in [7, 11) is 0. The van der Waals surface area contributed by atoms with E-state index in [4.69, 9.17) is 0 Å². The molecule has 0 aromatic carbocycles. The van der Waals surface area contributed by atoms with Crippen molar-refractivity contribution in [1.29, 1.82) is 0 Å². The molecule has 0 saturated carbocycles. The van der Waals surface area contributed by atoms with Crippen molar-refractivity contribution in [2.75, 3.05) is 6.26 Å². The molecule has 8 heavy (non-hydrogen) atoms. The topological polar surface area (TPSA) is 0 Å². The Hall–Kier alpha value is 0.959. The van der Waals surface area contributed by atoms with E-state index in [2.05, 4.69) is 16.6 Å². The van der Waals surface area contributed by atoms with Gasteiger partial charge in [-0.05, 0) is 0 Å². The molecular weight excluding hydrogens is 203 g/mol. The number of thioether (sulfide) groups is 2. The van der Waals surface area contributed by atoms with Crippen molar-refractivity contribution in [2.45, 2.75) is 9.90 Å². The fraction of sp³-hybridized carbons (Fsp3) is 0.600. The molecule has 0 aromatic rings. The molecule has 46 valence electrons. The normalized spacial score (nSPS) is 28.4. The van der Waals surface area contributed by atoms with E-state index in [9.17, 15) is 0 Å². The van der Waals surface area contributed by atoms with Crippen molar-refractivity contribution in [2.24, 2.45) is 0 Å². The molecular formula is C5H8S2Se. The Morgan fingerprint density at radius 2 is 2.75 bits per heavy atom. The van der Waals surface area contributed by atoms with E-state index in [0.29, 0.717) is 0 Å². The summed E-state index contributed by atoms with van der Waals surface area (Å²) in [6, 6.07) is 0. The van der Waals surface area contributed by atoms with Crippen molar-refractivity contribution in [3.05, 3.63) is 10.4 Å². The van der Waals surface area contributed by atoms with Gasteiger partial charge in [-0.3, -0.25) is 0 Å². The van der Waals surface area contributed by atoms with Gasteiger partial charge in [0, 0.05) is 0 Å². The summed E-state index contributed by atoms with van der Waals surface area (Å²) in [6.07, 6.45) is 2.19. The van der Waals surface area contributed by atoms with Gasteiger partial charge in [0.1, 0.15) is 0 Å². The first-order chi connectivity index (χ1) is 3.93. The maximum absolute atomic E-state index is 2.31. The minimum atomic E-state index is 0.804. The van der Waals surface area contributed by atoms with Gasteiger partial charge in [0.25, 0.3) is 0 Å². The van der Waals surface area contributed by atoms with Crippen molar-refractivity contribution in [3.63, 3.8) is 0 Å². The van der Waals surface area contributed by atoms with Gasteiger partial charge in [-0.1, -0.05) is 0 Å². The molecule has 0 N–H and O–H groups in total. The van der Waals surface area contributed by atoms with Crippen LogP contribution in [-0.2, 0) is 0 Å². The summed E-state index contributed by atoms with van der Waals surface area (Å²) in [4.78, 5) is 2.31. The van der Waals surface area contributed by atoms with Crippen LogP contribution in [0, 0.1) is 0 Å². The van der Waals surface area contributed by atoms with Crippen LogP contribution in [0.5, 0.6) is 0 Å². The second kappa shape index (κ2) is 3.89. The molecule has 1 atom stereocenters. The Morgan fingerprint density at radius 1 is 1.88 bits per heavy atom. The van der Waals surface area contributed by atoms with Gasteiger partial charge in [0.15, 0.2) is 0 Å². The summed E-state index contributed by atoms with van der Waals surface area (Å²) in [5.41, 5.74) is 0. The molecule has 1 rings (SSSR count). The Labute approximate surface area is 65.0 Å². The molecule has 0 amide bonds. The van der Waals surface area contributed by atoms with Crippen molar-refractivity contribution in [3.8, 4) is 0 Å². The van der Waals surface area contributed by atoms with E-state index in [1.165, 1.54) is 5.32 Å². The summed E-state index contributed by atoms with van der Waals surface area (Å²) in [5.74, 6) is 0. The second-order valence-electron chi connectivity index (χ2n) is 1.41. The first-order valence-corrected chi connectivity index (χ1v) is 6.81. The summed E-state index contributed by atoms with van der Waals surface area (Å²) < 4.78 is 0.861. The Kier molecular flexibility index (Phi) is 3.44. The van der Waals surface area contributed by atoms with E-state index in [1.807, 2.05) is 23.5 Å². The van der Waals surface area contributed by atoms with Crippen LogP contribution in [0.4, 0.5) is 0 Å². The fourth-order valence-corrected chi connectivity index (χ4v) is 5.25. The van der Waals surface area contributed by atoms with Gasteiger partial charge in [-0.25, -0.2) is 0 Å². The average molecular weight is 211 g/mol. The molecule has 0 radical (unpaired) electrons. The van der Waals surface area contributed by atoms with E-state index >= 15 is 0 Å². The number of hydrogen-bond donors (Lipinski definition) is 0. The average Bonchev–Trinajstić information content (AvgIpc) is 1.90. The maximum atomic E-state index is 2.31. The van der Waals surface area contributed by atoms with Crippen LogP contribution in [0.3, 0.4) is 0 Å². The van der Waals surface area contributed by atoms with Gasteiger partial charge in [-0.15, -0.1) is 0 Å². The molecule has 0 nitrogen and oxygen atoms in total. The van der Waals surface area contributed by atoms with Gasteiger partial charge in [0.05, 0.1) is 0 Å². The summed E-state index contributed by atoms with van der Waals surface area (Å²) in [6.45, 7) is 0. The molecule has 0 aliphatic carbocycles. The molecule has 1 unspecified atom stereocenters. The van der Waals surface area contributed by atoms with Crippen molar-refractivity contribution >= 4 is 38.5 Å². The third kappa shape index (κ3) is 2.06. The molecule has 3 heteroatoms. The SMILES string of the molecule is CSC1C[Se]C=CS1. The van der Waals surface area contributed by atoms with Crippen molar-refractivity contribution < 1.29 is 0 Å². The standard InChI is InChI=1S/C5H8S2Se/c1-6-5-4-8-3-2-7-5/h2-3,5H,4H2,1H3. The van der Waals surface area contributed by atoms with Crippen LogP contribution >= 0.6 is 23.5 Å². The second-order valence-corrected chi connectivity index (χ2v) is 5.83. The van der Waals surface area contributed by atoms with E-state index in [-0.39, 0.29) is 0 Å². The van der Waals surface area contributed by atoms with E-state index in [1.54, 1.807) is 0 Å². The Morgan fingerprint density at radius 3 is 3.12 bits per heavy atom. The van der Waals surface area contributed by atoms with Gasteiger partial charge in [-0.2, -0.15) is 0 Å². The van der Waals surface area contributed by atoms with Crippen LogP contribution in [-0.4, -0.2) is 25.8 Å². The first-order valence-electron chi connectivity index (χ1n) is 2.38. The van der Waals surface area contributed by atoms with Gasteiger partial charge in [0.2, 0.25) is 0 Å². The molecule has 0 saturated heterocycles. The molecule has 1 aliphatic rings. The minimum absolute atomic E-state index is 0.804. The monoisotopic (exact) mass is 212 g/mol. The van der Waals surface area contributed by atoms with Gasteiger partial charge >= 0.3 is 65.0 Å². The summed E-state index contributed by atoms with van der Waals surface area (Å²) >= 11 is 4.74. The van der Waals surface area contributed by atoms with E-state index < -0.39 is 0 Å². The van der Waals surface area contributed by atoms with Crippen LogP contribution < -0.4 is 0 Å². The Balaban J connectivity index is 2.27. The predicted octanol–water partition coefficient (Wildman–Crippen LogP) is 2.02. The van der Waals surface area contributed by atoms with Crippen LogP contribution in [0.25, 0.3) is 0 Å². The zero-order valence-electron chi connectivity index (χ0n) is 4.66. The predicted molar refractivity (Wildman–Crippen MR) is 44.6 cm³/mol. The number of hydrogen-bond acceptors (Lipinski definition) is 2. The molecule has 0 spiro atoms. The summed E-state index contributed by atoms with van der Waals surface area (Å²) in [5, 5.41) is 3.65. The molecule has 0 bridgehead atoms. The molecule has 1 aliphatic heterocycles. The third-order valence-corrected chi connectivity index (χ3v) is 6.38. The number of rotatable bonds is 1. The van der Waals surface area contributed by atoms with Crippen LogP contribution in [0.2, 0.25) is 5.32 Å². The zero-order chi connectivity index (χ0) is 5.82. The fourth-order valence-electron chi connectivity index (χ4n) is 0.456. The first kappa shape index (κ1) is 7.07. The Bertz CT molecular complexity index is 92.4. The van der Waals surface area contributed by atoms with Crippen LogP contribution in [0.15, 0.2) is 10.4 Å². The van der Waals surface area contributed by atoms with Crippen molar-refractivity contribution in [1.82, 2.24) is 0 Å². The van der Waals surface area contributed by atoms with Crippen LogP contribution in [0.1, 0.15) is 0 Å². The quantitative estimate of drug-likeness (QED) is 0.608. The molecule has 0 aromatic heterocycles. The zero-order valence-corrected chi connectivity index (χ0v) is 8.01. The van der Waals surface area contributed by atoms with E-state index in [0.717, 1.165) is 19.5 Å². The van der Waals surface area contributed by atoms with Gasteiger partial charge < -0.3 is 0 Å².